The van der Waals surface area contributed by atoms with Gasteiger partial charge in [-0.2, -0.15) is 0 Å². The van der Waals surface area contributed by atoms with Gasteiger partial charge in [0.05, 0.1) is 5.52 Å². The maximum Gasteiger partial charge on any atom is 0.129 e. The second kappa shape index (κ2) is 6.46. The highest BCUT2D eigenvalue weighted by molar-refractivity contribution is 14.1. The van der Waals surface area contributed by atoms with Crippen molar-refractivity contribution >= 4 is 41.6 Å². The fourth-order valence-corrected chi connectivity index (χ4v) is 3.77. The summed E-state index contributed by atoms with van der Waals surface area (Å²) in [5.74, 6) is 3.50. The SMILES string of the molecule is C[Si](C)(C)C#Cc1c(-c2ccccc2)c(I)nc2ccccc12. The summed E-state index contributed by atoms with van der Waals surface area (Å²) >= 11 is 2.33. The van der Waals surface area contributed by atoms with E-state index in [0.29, 0.717) is 0 Å². The standard InChI is InChI=1S/C20H18INSi/c1-23(2,3)14-13-17-16-11-7-8-12-18(16)22-20(21)19(17)15-9-5-4-6-10-15/h4-12H,1-3H3. The molecule has 1 aromatic heterocycles. The molecule has 114 valence electrons. The lowest BCUT2D eigenvalue weighted by Crippen LogP contribution is -2.16. The van der Waals surface area contributed by atoms with Crippen molar-refractivity contribution in [3.8, 4) is 22.6 Å². The van der Waals surface area contributed by atoms with Gasteiger partial charge < -0.3 is 0 Å². The topological polar surface area (TPSA) is 12.9 Å². The third kappa shape index (κ3) is 3.65. The number of aromatic nitrogens is 1. The monoisotopic (exact) mass is 427 g/mol. The first-order valence-electron chi connectivity index (χ1n) is 7.62. The van der Waals surface area contributed by atoms with Crippen LogP contribution in [0.3, 0.4) is 0 Å². The van der Waals surface area contributed by atoms with Crippen LogP contribution in [-0.2, 0) is 0 Å². The molecule has 0 aliphatic rings. The molecule has 23 heavy (non-hydrogen) atoms. The summed E-state index contributed by atoms with van der Waals surface area (Å²) in [7, 11) is -1.45. The van der Waals surface area contributed by atoms with E-state index >= 15 is 0 Å². The van der Waals surface area contributed by atoms with Crippen LogP contribution in [0.5, 0.6) is 0 Å². The third-order valence-electron chi connectivity index (χ3n) is 3.47. The van der Waals surface area contributed by atoms with Gasteiger partial charge in [-0.25, -0.2) is 4.98 Å². The van der Waals surface area contributed by atoms with E-state index in [9.17, 15) is 0 Å². The Morgan fingerprint density at radius 1 is 0.913 bits per heavy atom. The average Bonchev–Trinajstić information content (AvgIpc) is 2.52. The van der Waals surface area contributed by atoms with E-state index in [1.54, 1.807) is 0 Å². The second-order valence-corrected chi connectivity index (χ2v) is 12.3. The van der Waals surface area contributed by atoms with Crippen LogP contribution in [0.2, 0.25) is 19.6 Å². The molecule has 3 rings (SSSR count). The molecule has 2 aromatic carbocycles. The number of hydrogen-bond donors (Lipinski definition) is 0. The predicted molar refractivity (Wildman–Crippen MR) is 110 cm³/mol. The van der Waals surface area contributed by atoms with E-state index in [0.717, 1.165) is 25.7 Å². The summed E-state index contributed by atoms with van der Waals surface area (Å²) in [5, 5.41) is 1.14. The molecule has 0 unspecified atom stereocenters. The van der Waals surface area contributed by atoms with Gasteiger partial charge in [0.2, 0.25) is 0 Å². The third-order valence-corrected chi connectivity index (χ3v) is 5.13. The van der Waals surface area contributed by atoms with Gasteiger partial charge in [0.25, 0.3) is 0 Å². The molecule has 0 fully saturated rings. The zero-order chi connectivity index (χ0) is 16.4. The molecule has 0 aliphatic heterocycles. The maximum atomic E-state index is 4.79. The van der Waals surface area contributed by atoms with Crippen molar-refractivity contribution in [2.75, 3.05) is 0 Å². The van der Waals surface area contributed by atoms with Crippen molar-refractivity contribution < 1.29 is 0 Å². The molecule has 0 bridgehead atoms. The fraction of sp³-hybridized carbons (Fsp3) is 0.150. The van der Waals surface area contributed by atoms with Crippen molar-refractivity contribution in [1.82, 2.24) is 4.98 Å². The van der Waals surface area contributed by atoms with Crippen LogP contribution in [0.4, 0.5) is 0 Å². The molecule has 3 aromatic rings. The van der Waals surface area contributed by atoms with Crippen LogP contribution in [-0.4, -0.2) is 13.1 Å². The average molecular weight is 427 g/mol. The second-order valence-electron chi connectivity index (χ2n) is 6.54. The molecule has 3 heteroatoms. The van der Waals surface area contributed by atoms with E-state index in [2.05, 4.69) is 96.2 Å². The first kappa shape index (κ1) is 16.2. The number of halogens is 1. The highest BCUT2D eigenvalue weighted by atomic mass is 127. The zero-order valence-electron chi connectivity index (χ0n) is 13.5. The number of benzene rings is 2. The van der Waals surface area contributed by atoms with Crippen LogP contribution in [0, 0.1) is 15.2 Å². The van der Waals surface area contributed by atoms with E-state index < -0.39 is 8.07 Å². The molecular weight excluding hydrogens is 409 g/mol. The van der Waals surface area contributed by atoms with Gasteiger partial charge >= 0.3 is 0 Å². The summed E-state index contributed by atoms with van der Waals surface area (Å²) in [6.45, 7) is 6.82. The van der Waals surface area contributed by atoms with E-state index in [-0.39, 0.29) is 0 Å². The molecule has 0 amide bonds. The quantitative estimate of drug-likeness (QED) is 0.209. The Bertz CT molecular complexity index is 915. The Morgan fingerprint density at radius 3 is 2.26 bits per heavy atom. The summed E-state index contributed by atoms with van der Waals surface area (Å²) in [4.78, 5) is 4.79. The van der Waals surface area contributed by atoms with Gasteiger partial charge in [0.15, 0.2) is 0 Å². The maximum absolute atomic E-state index is 4.79. The Hall–Kier alpha value is -1.64. The summed E-state index contributed by atoms with van der Waals surface area (Å²) in [6.07, 6.45) is 0. The van der Waals surface area contributed by atoms with Crippen LogP contribution in [0.15, 0.2) is 54.6 Å². The van der Waals surface area contributed by atoms with Crippen LogP contribution in [0.25, 0.3) is 22.0 Å². The van der Waals surface area contributed by atoms with Gasteiger partial charge in [-0.1, -0.05) is 74.1 Å². The van der Waals surface area contributed by atoms with Crippen molar-refractivity contribution in [3.63, 3.8) is 0 Å². The van der Waals surface area contributed by atoms with E-state index in [1.165, 1.54) is 5.56 Å². The molecule has 0 aliphatic carbocycles. The molecule has 0 N–H and O–H groups in total. The number of fused-ring (bicyclic) bond motifs is 1. The smallest absolute Gasteiger partial charge is 0.129 e. The van der Waals surface area contributed by atoms with Crippen molar-refractivity contribution in [2.45, 2.75) is 19.6 Å². The lowest BCUT2D eigenvalue weighted by atomic mass is 9.98. The largest absolute Gasteiger partial charge is 0.241 e. The lowest BCUT2D eigenvalue weighted by molar-refractivity contribution is 1.34. The van der Waals surface area contributed by atoms with Crippen molar-refractivity contribution in [2.24, 2.45) is 0 Å². The van der Waals surface area contributed by atoms with Gasteiger partial charge in [-0.3, -0.25) is 0 Å². The molecule has 0 atom stereocenters. The molecular formula is C20H18INSi. The number of nitrogens with zero attached hydrogens (tertiary/aromatic N) is 1. The molecule has 0 saturated carbocycles. The van der Waals surface area contributed by atoms with E-state index in [4.69, 9.17) is 4.98 Å². The van der Waals surface area contributed by atoms with Crippen LogP contribution < -0.4 is 0 Å². The molecule has 0 radical (unpaired) electrons. The van der Waals surface area contributed by atoms with Gasteiger partial charge in [-0.05, 0) is 34.2 Å². The Kier molecular flexibility index (Phi) is 4.56. The molecule has 1 heterocycles. The molecule has 0 saturated heterocycles. The van der Waals surface area contributed by atoms with Crippen LogP contribution >= 0.6 is 22.6 Å². The molecule has 1 nitrogen and oxygen atoms in total. The summed E-state index contributed by atoms with van der Waals surface area (Å²) in [6, 6.07) is 18.7. The minimum Gasteiger partial charge on any atom is -0.241 e. The number of hydrogen-bond acceptors (Lipinski definition) is 1. The molecule has 0 spiro atoms. The van der Waals surface area contributed by atoms with E-state index in [1.807, 2.05) is 12.1 Å². The van der Waals surface area contributed by atoms with Gasteiger partial charge in [0, 0.05) is 16.5 Å². The predicted octanol–water partition coefficient (Wildman–Crippen LogP) is 5.74. The number of rotatable bonds is 1. The Balaban J connectivity index is 2.38. The van der Waals surface area contributed by atoms with Crippen molar-refractivity contribution in [1.29, 1.82) is 0 Å². The van der Waals surface area contributed by atoms with Crippen molar-refractivity contribution in [3.05, 3.63) is 63.9 Å². The first-order chi connectivity index (χ1) is 11.0. The normalized spacial score (nSPS) is 11.1. The van der Waals surface area contributed by atoms with Gasteiger partial charge in [-0.15, -0.1) is 5.54 Å². The lowest BCUT2D eigenvalue weighted by Gasteiger charge is -2.12. The first-order valence-corrected chi connectivity index (χ1v) is 12.2. The summed E-state index contributed by atoms with van der Waals surface area (Å²) < 4.78 is 1.01. The minimum absolute atomic E-state index is 1.01. The highest BCUT2D eigenvalue weighted by Crippen LogP contribution is 2.32. The number of para-hydroxylation sites is 1. The minimum atomic E-state index is -1.45. The zero-order valence-corrected chi connectivity index (χ0v) is 16.7. The van der Waals surface area contributed by atoms with Gasteiger partial charge in [0.1, 0.15) is 11.8 Å². The fourth-order valence-electron chi connectivity index (χ4n) is 2.43. The highest BCUT2D eigenvalue weighted by Gasteiger charge is 2.15. The Labute approximate surface area is 152 Å². The summed E-state index contributed by atoms with van der Waals surface area (Å²) in [5.41, 5.74) is 7.97. The number of pyridine rings is 1. The van der Waals surface area contributed by atoms with Crippen LogP contribution in [0.1, 0.15) is 5.56 Å². The Morgan fingerprint density at radius 2 is 1.57 bits per heavy atom.